The van der Waals surface area contributed by atoms with E-state index in [0.29, 0.717) is 5.75 Å². The van der Waals surface area contributed by atoms with Gasteiger partial charge in [0.1, 0.15) is 6.17 Å². The average molecular weight is 349 g/mol. The first-order valence-electron chi connectivity index (χ1n) is 8.68. The van der Waals surface area contributed by atoms with Gasteiger partial charge in [-0.15, -0.1) is 0 Å². The lowest BCUT2D eigenvalue weighted by Gasteiger charge is -2.31. The molecule has 0 saturated heterocycles. The van der Waals surface area contributed by atoms with Gasteiger partial charge in [0.25, 0.3) is 0 Å². The van der Waals surface area contributed by atoms with Crippen molar-refractivity contribution in [3.05, 3.63) is 58.8 Å². The lowest BCUT2D eigenvalue weighted by molar-refractivity contribution is 0.354. The third-order valence-electron chi connectivity index (χ3n) is 4.86. The van der Waals surface area contributed by atoms with Gasteiger partial charge in [-0.05, 0) is 50.6 Å². The average Bonchev–Trinajstić information content (AvgIpc) is 3.02. The molecule has 1 N–H and O–H groups in total. The van der Waals surface area contributed by atoms with E-state index in [-0.39, 0.29) is 6.17 Å². The molecule has 3 aromatic rings. The molecule has 0 amide bonds. The molecule has 2 aromatic carbocycles. The second-order valence-corrected chi connectivity index (χ2v) is 6.78. The molecule has 1 aliphatic rings. The van der Waals surface area contributed by atoms with Gasteiger partial charge in [0.2, 0.25) is 0 Å². The molecule has 26 heavy (non-hydrogen) atoms. The number of hydrogen-bond acceptors (Lipinski definition) is 4. The second-order valence-electron chi connectivity index (χ2n) is 6.78. The van der Waals surface area contributed by atoms with E-state index in [4.69, 9.17) is 14.6 Å². The number of methoxy groups -OCH3 is 2. The Morgan fingerprint density at radius 3 is 2.46 bits per heavy atom. The van der Waals surface area contributed by atoms with Crippen molar-refractivity contribution in [3.8, 4) is 22.8 Å². The molecular weight excluding hydrogens is 326 g/mol. The van der Waals surface area contributed by atoms with Gasteiger partial charge < -0.3 is 14.8 Å². The maximum absolute atomic E-state index is 5.49. The van der Waals surface area contributed by atoms with E-state index < -0.39 is 0 Å². The monoisotopic (exact) mass is 349 g/mol. The van der Waals surface area contributed by atoms with E-state index in [0.717, 1.165) is 28.4 Å². The van der Waals surface area contributed by atoms with Crippen LogP contribution in [0.15, 0.2) is 36.4 Å². The minimum Gasteiger partial charge on any atom is -0.493 e. The standard InChI is InChI=1S/C21H23N3O2/c1-12-8-13(2)20-16(9-12)17-10-14(3)23-24(17)21(22-20)15-6-7-18(25-4)19(11-15)26-5/h6-11,21-22H,1-5H3. The zero-order valence-corrected chi connectivity index (χ0v) is 15.8. The Morgan fingerprint density at radius 1 is 0.962 bits per heavy atom. The Bertz CT molecular complexity index is 991. The number of ether oxygens (including phenoxy) is 2. The highest BCUT2D eigenvalue weighted by molar-refractivity contribution is 5.82. The largest absolute Gasteiger partial charge is 0.493 e. The molecule has 0 spiro atoms. The third-order valence-corrected chi connectivity index (χ3v) is 4.86. The number of hydrogen-bond donors (Lipinski definition) is 1. The number of nitrogens with one attached hydrogen (secondary N) is 1. The summed E-state index contributed by atoms with van der Waals surface area (Å²) in [5.74, 6) is 1.43. The van der Waals surface area contributed by atoms with Crippen molar-refractivity contribution in [1.82, 2.24) is 9.78 Å². The molecule has 0 radical (unpaired) electrons. The van der Waals surface area contributed by atoms with Gasteiger partial charge in [0.15, 0.2) is 11.5 Å². The molecular formula is C21H23N3O2. The number of fused-ring (bicyclic) bond motifs is 3. The molecule has 134 valence electrons. The summed E-state index contributed by atoms with van der Waals surface area (Å²) in [6.07, 6.45) is -0.104. The highest BCUT2D eigenvalue weighted by Gasteiger charge is 2.28. The first kappa shape index (κ1) is 16.5. The number of anilines is 1. The molecule has 5 heteroatoms. The highest BCUT2D eigenvalue weighted by Crippen LogP contribution is 2.42. The SMILES string of the molecule is COc1ccc(C2Nc3c(C)cc(C)cc3-c3cc(C)nn32)cc1OC. The summed E-state index contributed by atoms with van der Waals surface area (Å²) in [6.45, 7) is 6.30. The van der Waals surface area contributed by atoms with Crippen LogP contribution in [-0.2, 0) is 0 Å². The van der Waals surface area contributed by atoms with Crippen LogP contribution in [-0.4, -0.2) is 24.0 Å². The second kappa shape index (κ2) is 6.09. The van der Waals surface area contributed by atoms with E-state index in [2.05, 4.69) is 42.0 Å². The van der Waals surface area contributed by atoms with Crippen molar-refractivity contribution in [2.24, 2.45) is 0 Å². The summed E-state index contributed by atoms with van der Waals surface area (Å²) in [5.41, 5.74) is 8.02. The molecule has 1 unspecified atom stereocenters. The topological polar surface area (TPSA) is 48.3 Å². The molecule has 1 aromatic heterocycles. The molecule has 5 nitrogen and oxygen atoms in total. The molecule has 0 bridgehead atoms. The normalized spacial score (nSPS) is 15.0. The molecule has 1 atom stereocenters. The molecule has 0 aliphatic carbocycles. The Balaban J connectivity index is 1.89. The van der Waals surface area contributed by atoms with Gasteiger partial charge in [0, 0.05) is 16.8 Å². The predicted octanol–water partition coefficient (Wildman–Crippen LogP) is 4.46. The van der Waals surface area contributed by atoms with Crippen molar-refractivity contribution in [2.45, 2.75) is 26.9 Å². The Morgan fingerprint density at radius 2 is 1.73 bits per heavy atom. The Hall–Kier alpha value is -2.95. The van der Waals surface area contributed by atoms with Crippen LogP contribution >= 0.6 is 0 Å². The lowest BCUT2D eigenvalue weighted by atomic mass is 9.98. The number of aromatic nitrogens is 2. The predicted molar refractivity (Wildman–Crippen MR) is 103 cm³/mol. The first-order valence-corrected chi connectivity index (χ1v) is 8.68. The third kappa shape index (κ3) is 2.51. The van der Waals surface area contributed by atoms with E-state index in [1.165, 1.54) is 16.7 Å². The maximum atomic E-state index is 5.49. The lowest BCUT2D eigenvalue weighted by Crippen LogP contribution is -2.26. The first-order chi connectivity index (χ1) is 12.5. The zero-order valence-electron chi connectivity index (χ0n) is 15.8. The zero-order chi connectivity index (χ0) is 18.4. The van der Waals surface area contributed by atoms with Crippen molar-refractivity contribution >= 4 is 5.69 Å². The van der Waals surface area contributed by atoms with Crippen molar-refractivity contribution in [1.29, 1.82) is 0 Å². The minimum absolute atomic E-state index is 0.104. The van der Waals surface area contributed by atoms with Gasteiger partial charge in [-0.1, -0.05) is 17.7 Å². The van der Waals surface area contributed by atoms with E-state index in [1.807, 2.05) is 25.1 Å². The smallest absolute Gasteiger partial charge is 0.161 e. The number of nitrogens with zero attached hydrogens (tertiary/aromatic N) is 2. The summed E-state index contributed by atoms with van der Waals surface area (Å²) < 4.78 is 12.9. The van der Waals surface area contributed by atoms with E-state index in [1.54, 1.807) is 14.2 Å². The minimum atomic E-state index is -0.104. The van der Waals surface area contributed by atoms with E-state index >= 15 is 0 Å². The fraction of sp³-hybridized carbons (Fsp3) is 0.286. The Labute approximate surface area is 153 Å². The van der Waals surface area contributed by atoms with Gasteiger partial charge in [-0.2, -0.15) is 5.10 Å². The van der Waals surface area contributed by atoms with Crippen LogP contribution in [0.1, 0.15) is 28.6 Å². The summed E-state index contributed by atoms with van der Waals surface area (Å²) >= 11 is 0. The van der Waals surface area contributed by atoms with Gasteiger partial charge in [-0.3, -0.25) is 0 Å². The van der Waals surface area contributed by atoms with E-state index in [9.17, 15) is 0 Å². The van der Waals surface area contributed by atoms with Crippen molar-refractivity contribution < 1.29 is 9.47 Å². The van der Waals surface area contributed by atoms with Crippen LogP contribution in [0.25, 0.3) is 11.3 Å². The highest BCUT2D eigenvalue weighted by atomic mass is 16.5. The summed E-state index contributed by atoms with van der Waals surface area (Å²) in [4.78, 5) is 0. The van der Waals surface area contributed by atoms with Crippen LogP contribution < -0.4 is 14.8 Å². The van der Waals surface area contributed by atoms with Crippen LogP contribution in [0, 0.1) is 20.8 Å². The number of rotatable bonds is 3. The van der Waals surface area contributed by atoms with Crippen molar-refractivity contribution in [3.63, 3.8) is 0 Å². The number of aryl methyl sites for hydroxylation is 3. The molecule has 4 rings (SSSR count). The molecule has 1 aliphatic heterocycles. The van der Waals surface area contributed by atoms with Gasteiger partial charge in [0.05, 0.1) is 25.6 Å². The van der Waals surface area contributed by atoms with Crippen LogP contribution in [0.3, 0.4) is 0 Å². The quantitative estimate of drug-likeness (QED) is 0.758. The summed E-state index contributed by atoms with van der Waals surface area (Å²) in [5, 5.41) is 8.42. The molecule has 2 heterocycles. The number of benzene rings is 2. The van der Waals surface area contributed by atoms with Crippen molar-refractivity contribution in [2.75, 3.05) is 19.5 Å². The van der Waals surface area contributed by atoms with Crippen LogP contribution in [0.5, 0.6) is 11.5 Å². The molecule has 0 saturated carbocycles. The van der Waals surface area contributed by atoms with Gasteiger partial charge in [-0.25, -0.2) is 4.68 Å². The Kier molecular flexibility index (Phi) is 3.87. The fourth-order valence-corrected chi connectivity index (χ4v) is 3.72. The molecule has 0 fully saturated rings. The maximum Gasteiger partial charge on any atom is 0.161 e. The van der Waals surface area contributed by atoms with Gasteiger partial charge >= 0.3 is 0 Å². The van der Waals surface area contributed by atoms with Crippen LogP contribution in [0.2, 0.25) is 0 Å². The summed E-state index contributed by atoms with van der Waals surface area (Å²) in [7, 11) is 3.30. The summed E-state index contributed by atoms with van der Waals surface area (Å²) in [6, 6.07) is 12.6. The van der Waals surface area contributed by atoms with Crippen LogP contribution in [0.4, 0.5) is 5.69 Å². The fourth-order valence-electron chi connectivity index (χ4n) is 3.72.